The highest BCUT2D eigenvalue weighted by molar-refractivity contribution is 7.99. The number of benzene rings is 2. The molecule has 7 nitrogen and oxygen atoms in total. The van der Waals surface area contributed by atoms with E-state index in [2.05, 4.69) is 20.2 Å². The number of nitriles is 1. The highest BCUT2D eigenvalue weighted by Gasteiger charge is 2.21. The zero-order valence-corrected chi connectivity index (χ0v) is 17.5. The third kappa shape index (κ3) is 3.80. The first-order valence-corrected chi connectivity index (χ1v) is 10.2. The van der Waals surface area contributed by atoms with Crippen molar-refractivity contribution >= 4 is 28.4 Å². The van der Waals surface area contributed by atoms with Crippen molar-refractivity contribution in [3.05, 3.63) is 65.2 Å². The maximum Gasteiger partial charge on any atom is 0.277 e. The molecule has 4 aromatic rings. The van der Waals surface area contributed by atoms with Crippen molar-refractivity contribution < 1.29 is 9.52 Å². The lowest BCUT2D eigenvalue weighted by atomic mass is 10.1. The van der Waals surface area contributed by atoms with Crippen LogP contribution in [0.1, 0.15) is 23.9 Å². The SMILES string of the molecule is Cc1ccc(-c2nnc(S[C@H](C)/C(O)=C(\C#N)c3nc4ccccc4[nH]3)o2)cc1C. The van der Waals surface area contributed by atoms with Crippen LogP contribution < -0.4 is 0 Å². The summed E-state index contributed by atoms with van der Waals surface area (Å²) in [5.41, 5.74) is 4.76. The number of fused-ring (bicyclic) bond motifs is 1. The number of hydrogen-bond acceptors (Lipinski definition) is 7. The molecule has 0 aliphatic heterocycles. The quantitative estimate of drug-likeness (QED) is 0.261. The molecule has 2 aromatic heterocycles. The molecule has 0 amide bonds. The van der Waals surface area contributed by atoms with E-state index < -0.39 is 5.25 Å². The molecule has 2 N–H and O–H groups in total. The number of aryl methyl sites for hydroxylation is 2. The lowest BCUT2D eigenvalue weighted by Crippen LogP contribution is -2.04. The van der Waals surface area contributed by atoms with Crippen LogP contribution in [0.5, 0.6) is 0 Å². The molecule has 1 atom stereocenters. The van der Waals surface area contributed by atoms with Crippen molar-refractivity contribution in [2.75, 3.05) is 0 Å². The first-order chi connectivity index (χ1) is 14.5. The number of allylic oxidation sites excluding steroid dienone is 1. The fraction of sp³-hybridized carbons (Fsp3) is 0.182. The number of imidazole rings is 1. The summed E-state index contributed by atoms with van der Waals surface area (Å²) >= 11 is 1.18. The van der Waals surface area contributed by atoms with Crippen LogP contribution in [0, 0.1) is 25.2 Å². The Morgan fingerprint density at radius 2 is 1.97 bits per heavy atom. The van der Waals surface area contributed by atoms with Crippen molar-refractivity contribution in [3.8, 4) is 17.5 Å². The largest absolute Gasteiger partial charge is 0.510 e. The summed E-state index contributed by atoms with van der Waals surface area (Å²) in [6, 6.07) is 15.4. The normalized spacial score (nSPS) is 13.1. The van der Waals surface area contributed by atoms with Gasteiger partial charge in [0, 0.05) is 5.56 Å². The predicted molar refractivity (Wildman–Crippen MR) is 116 cm³/mol. The van der Waals surface area contributed by atoms with Crippen molar-refractivity contribution in [3.63, 3.8) is 0 Å². The van der Waals surface area contributed by atoms with Gasteiger partial charge in [0.15, 0.2) is 5.82 Å². The van der Waals surface area contributed by atoms with Crippen LogP contribution in [0.25, 0.3) is 28.1 Å². The number of aromatic nitrogens is 4. The Bertz CT molecular complexity index is 1270. The molecule has 0 radical (unpaired) electrons. The first kappa shape index (κ1) is 19.7. The van der Waals surface area contributed by atoms with E-state index in [-0.39, 0.29) is 11.3 Å². The van der Waals surface area contributed by atoms with Crippen molar-refractivity contribution in [2.24, 2.45) is 0 Å². The maximum absolute atomic E-state index is 10.7. The van der Waals surface area contributed by atoms with Gasteiger partial charge in [0.1, 0.15) is 17.4 Å². The van der Waals surface area contributed by atoms with Crippen molar-refractivity contribution in [2.45, 2.75) is 31.2 Å². The van der Waals surface area contributed by atoms with Gasteiger partial charge in [-0.05, 0) is 56.2 Å². The summed E-state index contributed by atoms with van der Waals surface area (Å²) < 4.78 is 5.75. The molecule has 0 saturated carbocycles. The molecule has 0 unspecified atom stereocenters. The summed E-state index contributed by atoms with van der Waals surface area (Å²) in [7, 11) is 0. The molecule has 2 heterocycles. The summed E-state index contributed by atoms with van der Waals surface area (Å²) in [6.07, 6.45) is 0. The summed E-state index contributed by atoms with van der Waals surface area (Å²) in [5.74, 6) is 0.631. The first-order valence-electron chi connectivity index (χ1n) is 9.32. The number of rotatable bonds is 5. The van der Waals surface area contributed by atoms with E-state index in [1.165, 1.54) is 17.3 Å². The second-order valence-corrected chi connectivity index (χ2v) is 8.20. The molecular formula is C22H19N5O2S. The Kier molecular flexibility index (Phi) is 5.29. The minimum atomic E-state index is -0.485. The average molecular weight is 417 g/mol. The molecule has 0 fully saturated rings. The monoisotopic (exact) mass is 417 g/mol. The molecule has 8 heteroatoms. The highest BCUT2D eigenvalue weighted by atomic mass is 32.2. The molecule has 0 saturated heterocycles. The second-order valence-electron chi connectivity index (χ2n) is 6.91. The predicted octanol–water partition coefficient (Wildman–Crippen LogP) is 5.20. The molecule has 0 aliphatic rings. The molecule has 2 aromatic carbocycles. The van der Waals surface area contributed by atoms with Crippen LogP contribution in [0.3, 0.4) is 0 Å². The third-order valence-electron chi connectivity index (χ3n) is 4.82. The van der Waals surface area contributed by atoms with Gasteiger partial charge in [-0.1, -0.05) is 30.0 Å². The lowest BCUT2D eigenvalue weighted by molar-refractivity contribution is 0.399. The van der Waals surface area contributed by atoms with Crippen LogP contribution in [-0.2, 0) is 0 Å². The third-order valence-corrected chi connectivity index (χ3v) is 5.76. The zero-order chi connectivity index (χ0) is 21.3. The van der Waals surface area contributed by atoms with Crippen molar-refractivity contribution in [1.82, 2.24) is 20.2 Å². The second kappa shape index (κ2) is 8.05. The Balaban J connectivity index is 1.58. The molecule has 0 spiro atoms. The number of nitrogens with zero attached hydrogens (tertiary/aromatic N) is 4. The Hall–Kier alpha value is -3.57. The molecule has 0 bridgehead atoms. The number of nitrogens with one attached hydrogen (secondary N) is 1. The van der Waals surface area contributed by atoms with Crippen LogP contribution in [0.2, 0.25) is 0 Å². The minimum Gasteiger partial charge on any atom is -0.510 e. The van der Waals surface area contributed by atoms with E-state index in [1.807, 2.05) is 62.4 Å². The van der Waals surface area contributed by atoms with Crippen LogP contribution in [0.4, 0.5) is 0 Å². The average Bonchev–Trinajstić information content (AvgIpc) is 3.37. The number of thioether (sulfide) groups is 1. The minimum absolute atomic E-state index is 0.0834. The van der Waals surface area contributed by atoms with Crippen LogP contribution in [0.15, 0.2) is 57.9 Å². The highest BCUT2D eigenvalue weighted by Crippen LogP contribution is 2.31. The summed E-state index contributed by atoms with van der Waals surface area (Å²) in [6.45, 7) is 5.83. The number of aliphatic hydroxyl groups is 1. The molecule has 30 heavy (non-hydrogen) atoms. The van der Waals surface area contributed by atoms with Gasteiger partial charge in [0.2, 0.25) is 5.89 Å². The Morgan fingerprint density at radius 1 is 1.17 bits per heavy atom. The van der Waals surface area contributed by atoms with Gasteiger partial charge >= 0.3 is 0 Å². The smallest absolute Gasteiger partial charge is 0.277 e. The molecule has 150 valence electrons. The fourth-order valence-electron chi connectivity index (χ4n) is 2.96. The van der Waals surface area contributed by atoms with Gasteiger partial charge < -0.3 is 14.5 Å². The van der Waals surface area contributed by atoms with E-state index in [4.69, 9.17) is 4.42 Å². The summed E-state index contributed by atoms with van der Waals surface area (Å²) in [4.78, 5) is 7.47. The van der Waals surface area contributed by atoms with Crippen LogP contribution >= 0.6 is 11.8 Å². The van der Waals surface area contributed by atoms with E-state index in [1.54, 1.807) is 6.92 Å². The van der Waals surface area contributed by atoms with Gasteiger partial charge in [0.25, 0.3) is 5.22 Å². The lowest BCUT2D eigenvalue weighted by Gasteiger charge is -2.09. The molecule has 4 rings (SSSR count). The van der Waals surface area contributed by atoms with E-state index in [0.29, 0.717) is 16.9 Å². The number of para-hydroxylation sites is 2. The topological polar surface area (TPSA) is 112 Å². The summed E-state index contributed by atoms with van der Waals surface area (Å²) in [5, 5.41) is 28.3. The number of H-pyrrole nitrogens is 1. The molecule has 0 aliphatic carbocycles. The standard InChI is InChI=1S/C22H19N5O2S/c1-12-8-9-15(10-13(12)2)21-26-27-22(29-21)30-14(3)19(28)16(11-23)20-24-17-6-4-5-7-18(17)25-20/h4-10,14,28H,1-3H3,(H,24,25)/b19-16-/t14-/m1/s1. The van der Waals surface area contributed by atoms with E-state index in [9.17, 15) is 10.4 Å². The van der Waals surface area contributed by atoms with Crippen molar-refractivity contribution in [1.29, 1.82) is 5.26 Å². The van der Waals surface area contributed by atoms with Crippen LogP contribution in [-0.4, -0.2) is 30.5 Å². The number of aromatic amines is 1. The van der Waals surface area contributed by atoms with Gasteiger partial charge in [-0.25, -0.2) is 4.98 Å². The maximum atomic E-state index is 10.7. The Labute approximate surface area is 177 Å². The number of hydrogen-bond donors (Lipinski definition) is 2. The van der Waals surface area contributed by atoms with Gasteiger partial charge in [-0.2, -0.15) is 5.26 Å². The number of aliphatic hydroxyl groups excluding tert-OH is 1. The fourth-order valence-corrected chi connectivity index (χ4v) is 3.71. The van der Waals surface area contributed by atoms with Gasteiger partial charge in [0.05, 0.1) is 16.3 Å². The van der Waals surface area contributed by atoms with E-state index in [0.717, 1.165) is 22.2 Å². The van der Waals surface area contributed by atoms with Gasteiger partial charge in [-0.15, -0.1) is 10.2 Å². The molecular weight excluding hydrogens is 398 g/mol. The van der Waals surface area contributed by atoms with Gasteiger partial charge in [-0.3, -0.25) is 0 Å². The Morgan fingerprint density at radius 3 is 2.70 bits per heavy atom. The zero-order valence-electron chi connectivity index (χ0n) is 16.7. The van der Waals surface area contributed by atoms with E-state index >= 15 is 0 Å².